The molecule has 0 bridgehead atoms. The van der Waals surface area contributed by atoms with Gasteiger partial charge in [-0.1, -0.05) is 25.2 Å². The fourth-order valence-corrected chi connectivity index (χ4v) is 3.53. The van der Waals surface area contributed by atoms with E-state index in [4.69, 9.17) is 0 Å². The normalized spacial score (nSPS) is 24.0. The van der Waals surface area contributed by atoms with Crippen LogP contribution >= 0.6 is 9.24 Å². The van der Waals surface area contributed by atoms with Crippen molar-refractivity contribution in [1.29, 1.82) is 0 Å². The molecule has 0 aromatic rings. The topological polar surface area (TPSA) is 32.7 Å². The van der Waals surface area contributed by atoms with Gasteiger partial charge in [-0.15, -0.1) is 9.24 Å². The number of allylic oxidation sites excluding steroid dienone is 7. The Morgan fingerprint density at radius 2 is 2.12 bits per heavy atom. The van der Waals surface area contributed by atoms with Crippen LogP contribution in [0.1, 0.15) is 39.0 Å². The van der Waals surface area contributed by atoms with Gasteiger partial charge < -0.3 is 4.79 Å². The fourth-order valence-electron chi connectivity index (χ4n) is 3.16. The molecule has 1 aliphatic carbocycles. The van der Waals surface area contributed by atoms with Gasteiger partial charge in [-0.05, 0) is 56.5 Å². The Bertz CT molecular complexity index is 614. The molecule has 3 aliphatic rings. The summed E-state index contributed by atoms with van der Waals surface area (Å²) in [7, 11) is 2.78. The summed E-state index contributed by atoms with van der Waals surface area (Å²) in [5.74, 6) is 0.727. The summed E-state index contributed by atoms with van der Waals surface area (Å²) in [6.07, 6.45) is 17.2. The third kappa shape index (κ3) is 7.09. The number of nitrogens with zero attached hydrogens (tertiary/aromatic N) is 2. The Balaban J connectivity index is 0.000000228. The van der Waals surface area contributed by atoms with Crippen LogP contribution < -0.4 is 0 Å². The first-order valence-electron chi connectivity index (χ1n) is 9.45. The molecule has 0 N–H and O–H groups in total. The fraction of sp³-hybridized carbons (Fsp3) is 0.524. The monoisotopic (exact) mass is 376 g/mol. The summed E-state index contributed by atoms with van der Waals surface area (Å²) in [6, 6.07) is 0. The minimum Gasteiger partial charge on any atom is -0.303 e. The van der Waals surface area contributed by atoms with Crippen LogP contribution in [-0.4, -0.2) is 36.3 Å². The first-order chi connectivity index (χ1) is 12.6. The van der Waals surface area contributed by atoms with Crippen molar-refractivity contribution in [2.75, 3.05) is 19.4 Å². The zero-order chi connectivity index (χ0) is 18.8. The maximum absolute atomic E-state index is 13.2. The van der Waals surface area contributed by atoms with E-state index in [-0.39, 0.29) is 11.7 Å². The van der Waals surface area contributed by atoms with Gasteiger partial charge in [0.05, 0.1) is 0 Å². The molecule has 3 rings (SSSR count). The second kappa shape index (κ2) is 11.4. The first-order valence-corrected chi connectivity index (χ1v) is 10.3. The van der Waals surface area contributed by atoms with Gasteiger partial charge in [0, 0.05) is 36.5 Å². The SMILES string of the molecule is CC1CCN(CP)CC1.O=CCC1=NC([C@H]2C=C(F)C=CC2)=CC=CC1. The number of hydrogen-bond donors (Lipinski definition) is 0. The minimum absolute atomic E-state index is 0.0237. The van der Waals surface area contributed by atoms with Crippen molar-refractivity contribution in [2.45, 2.75) is 39.0 Å². The highest BCUT2D eigenvalue weighted by molar-refractivity contribution is 7.16. The average molecular weight is 376 g/mol. The number of hydrogen-bond acceptors (Lipinski definition) is 3. The van der Waals surface area contributed by atoms with Gasteiger partial charge in [0.2, 0.25) is 0 Å². The number of rotatable bonds is 4. The van der Waals surface area contributed by atoms with Crippen molar-refractivity contribution in [3.63, 3.8) is 0 Å². The van der Waals surface area contributed by atoms with Crippen LogP contribution in [0.3, 0.4) is 0 Å². The number of aldehydes is 1. The molecule has 26 heavy (non-hydrogen) atoms. The van der Waals surface area contributed by atoms with Gasteiger partial charge in [0.25, 0.3) is 0 Å². The van der Waals surface area contributed by atoms with E-state index in [9.17, 15) is 9.18 Å². The van der Waals surface area contributed by atoms with E-state index >= 15 is 0 Å². The highest BCUT2D eigenvalue weighted by atomic mass is 31.0. The third-order valence-electron chi connectivity index (χ3n) is 4.90. The summed E-state index contributed by atoms with van der Waals surface area (Å²) >= 11 is 0. The summed E-state index contributed by atoms with van der Waals surface area (Å²) in [6.45, 7) is 4.97. The van der Waals surface area contributed by atoms with Crippen molar-refractivity contribution >= 4 is 21.2 Å². The van der Waals surface area contributed by atoms with Crippen LogP contribution in [0.15, 0.2) is 53.0 Å². The Kier molecular flexibility index (Phi) is 9.14. The molecule has 142 valence electrons. The molecule has 0 aromatic carbocycles. The Morgan fingerprint density at radius 3 is 2.77 bits per heavy atom. The zero-order valence-electron chi connectivity index (χ0n) is 15.6. The number of carbonyl (C=O) groups excluding carboxylic acids is 1. The molecule has 2 heterocycles. The van der Waals surface area contributed by atoms with E-state index in [0.717, 1.165) is 36.3 Å². The van der Waals surface area contributed by atoms with Crippen LogP contribution in [0.2, 0.25) is 0 Å². The number of carbonyl (C=O) groups is 1. The summed E-state index contributed by atoms with van der Waals surface area (Å²) in [4.78, 5) is 17.5. The Morgan fingerprint density at radius 1 is 1.35 bits per heavy atom. The second-order valence-electron chi connectivity index (χ2n) is 7.05. The summed E-state index contributed by atoms with van der Waals surface area (Å²) < 4.78 is 13.2. The quantitative estimate of drug-likeness (QED) is 0.519. The van der Waals surface area contributed by atoms with Crippen LogP contribution in [0.5, 0.6) is 0 Å². The first kappa shape index (κ1) is 20.9. The smallest absolute Gasteiger partial charge is 0.125 e. The van der Waals surface area contributed by atoms with Crippen molar-refractivity contribution in [2.24, 2.45) is 16.8 Å². The number of piperidine rings is 1. The molecule has 1 fully saturated rings. The minimum atomic E-state index is -0.220. The molecule has 5 heteroatoms. The number of aliphatic imine (C=N–C) groups is 1. The van der Waals surface area contributed by atoms with E-state index in [1.165, 1.54) is 32.0 Å². The van der Waals surface area contributed by atoms with E-state index in [0.29, 0.717) is 12.8 Å². The molecule has 0 radical (unpaired) electrons. The molecule has 2 aliphatic heterocycles. The average Bonchev–Trinajstić information content (AvgIpc) is 2.89. The highest BCUT2D eigenvalue weighted by Gasteiger charge is 2.15. The van der Waals surface area contributed by atoms with Crippen LogP contribution in [-0.2, 0) is 4.79 Å². The lowest BCUT2D eigenvalue weighted by molar-refractivity contribution is -0.106. The lowest BCUT2D eigenvalue weighted by Crippen LogP contribution is -2.31. The van der Waals surface area contributed by atoms with Crippen LogP contribution in [0.25, 0.3) is 0 Å². The van der Waals surface area contributed by atoms with Crippen molar-refractivity contribution in [3.05, 3.63) is 48.0 Å². The molecule has 0 saturated carbocycles. The van der Waals surface area contributed by atoms with Crippen LogP contribution in [0.4, 0.5) is 4.39 Å². The molecule has 0 amide bonds. The third-order valence-corrected chi connectivity index (χ3v) is 5.42. The highest BCUT2D eigenvalue weighted by Crippen LogP contribution is 2.26. The Hall–Kier alpha value is -1.38. The lowest BCUT2D eigenvalue weighted by Gasteiger charge is -2.28. The molecule has 0 aromatic heterocycles. The van der Waals surface area contributed by atoms with Gasteiger partial charge in [0.1, 0.15) is 12.1 Å². The van der Waals surface area contributed by atoms with Gasteiger partial charge in [-0.2, -0.15) is 0 Å². The van der Waals surface area contributed by atoms with Crippen molar-refractivity contribution < 1.29 is 9.18 Å². The summed E-state index contributed by atoms with van der Waals surface area (Å²) in [5, 5.41) is 0. The van der Waals surface area contributed by atoms with Crippen molar-refractivity contribution in [1.82, 2.24) is 4.90 Å². The maximum atomic E-state index is 13.2. The molecule has 0 spiro atoms. The number of halogens is 1. The van der Waals surface area contributed by atoms with E-state index < -0.39 is 0 Å². The van der Waals surface area contributed by atoms with E-state index in [1.54, 1.807) is 6.08 Å². The maximum Gasteiger partial charge on any atom is 0.125 e. The lowest BCUT2D eigenvalue weighted by atomic mass is 9.96. The van der Waals surface area contributed by atoms with Crippen molar-refractivity contribution in [3.8, 4) is 0 Å². The van der Waals surface area contributed by atoms with Crippen LogP contribution in [0, 0.1) is 11.8 Å². The molecule has 1 unspecified atom stereocenters. The van der Waals surface area contributed by atoms with E-state index in [1.807, 2.05) is 24.3 Å². The zero-order valence-corrected chi connectivity index (χ0v) is 16.8. The molecular weight excluding hydrogens is 346 g/mol. The molecule has 2 atom stereocenters. The van der Waals surface area contributed by atoms with Gasteiger partial charge in [-0.3, -0.25) is 9.89 Å². The molecule has 1 saturated heterocycles. The van der Waals surface area contributed by atoms with Gasteiger partial charge in [-0.25, -0.2) is 4.39 Å². The van der Waals surface area contributed by atoms with Gasteiger partial charge in [0.15, 0.2) is 0 Å². The predicted molar refractivity (Wildman–Crippen MR) is 111 cm³/mol. The van der Waals surface area contributed by atoms with E-state index in [2.05, 4.69) is 26.1 Å². The standard InChI is InChI=1S/C14H14FNO.C7H16NP/c15-12-5-3-4-11(10-12)14-7-2-1-6-13(16-14)8-9-17;1-7-2-4-8(6-9)5-3-7/h1-3,5,7,9-11H,4,6,8H2;7H,2-6,9H2,1H3/t11-;/m1./s1. The number of likely N-dealkylation sites (tertiary alicyclic amines) is 1. The largest absolute Gasteiger partial charge is 0.303 e. The Labute approximate surface area is 159 Å². The molecular formula is C21H30FN2OP. The second-order valence-corrected chi connectivity index (χ2v) is 7.42. The van der Waals surface area contributed by atoms with Gasteiger partial charge >= 0.3 is 0 Å². The predicted octanol–water partition coefficient (Wildman–Crippen LogP) is 4.84. The molecule has 3 nitrogen and oxygen atoms in total. The summed E-state index contributed by atoms with van der Waals surface area (Å²) in [5.41, 5.74) is 1.67.